The number of guanidine groups is 1. The number of carbonyl (C=O) groups is 4. The predicted octanol–water partition coefficient (Wildman–Crippen LogP) is -3.47. The maximum Gasteiger partial charge on any atom is 0.320 e. The van der Waals surface area contributed by atoms with Crippen molar-refractivity contribution in [3.8, 4) is 0 Å². The molecule has 0 aromatic carbocycles. The van der Waals surface area contributed by atoms with Crippen molar-refractivity contribution in [3.05, 3.63) is 0 Å². The van der Waals surface area contributed by atoms with Crippen molar-refractivity contribution in [2.24, 2.45) is 33.7 Å². The minimum Gasteiger partial charge on any atom is -0.480 e. The van der Waals surface area contributed by atoms with Crippen LogP contribution in [0, 0.1) is 0 Å². The number of hydrogen-bond acceptors (Lipinski definition) is 9. The van der Waals surface area contributed by atoms with Crippen molar-refractivity contribution in [2.75, 3.05) is 26.2 Å². The van der Waals surface area contributed by atoms with E-state index < -0.39 is 23.9 Å². The normalized spacial score (nSPS) is 19.2. The highest BCUT2D eigenvalue weighted by molar-refractivity contribution is 5.80. The van der Waals surface area contributed by atoms with E-state index in [1.54, 1.807) is 0 Å². The monoisotopic (exact) mass is 478 g/mol. The summed E-state index contributed by atoms with van der Waals surface area (Å²) in [5.41, 5.74) is 24.9. The van der Waals surface area contributed by atoms with Crippen molar-refractivity contribution < 1.29 is 34.5 Å². The number of hydrogen-bond donors (Lipinski definition) is 10. The van der Waals surface area contributed by atoms with Gasteiger partial charge in [0.1, 0.15) is 12.1 Å². The molecule has 0 radical (unpaired) electrons. The van der Waals surface area contributed by atoms with Crippen LogP contribution in [0.4, 0.5) is 0 Å². The Bertz CT molecular complexity index is 591. The molecule has 3 atom stereocenters. The topological polar surface area (TPSA) is 295 Å². The third-order valence-electron chi connectivity index (χ3n) is 4.22. The smallest absolute Gasteiger partial charge is 0.320 e. The highest BCUT2D eigenvalue weighted by Crippen LogP contribution is 2.03. The zero-order chi connectivity index (χ0) is 25.8. The summed E-state index contributed by atoms with van der Waals surface area (Å²) in [5, 5.41) is 30.2. The van der Waals surface area contributed by atoms with E-state index in [-0.39, 0.29) is 30.5 Å². The Hall–Kier alpha value is -3.01. The number of primary amides is 1. The maximum absolute atomic E-state index is 10.4. The van der Waals surface area contributed by atoms with Crippen molar-refractivity contribution in [1.29, 1.82) is 0 Å². The van der Waals surface area contributed by atoms with Gasteiger partial charge in [0.15, 0.2) is 5.96 Å². The molecule has 0 unspecified atom stereocenters. The van der Waals surface area contributed by atoms with E-state index in [4.69, 9.17) is 38.3 Å². The van der Waals surface area contributed by atoms with Crippen LogP contribution in [-0.4, -0.2) is 89.4 Å². The lowest BCUT2D eigenvalue weighted by Crippen LogP contribution is -2.36. The predicted molar refractivity (Wildman–Crippen MR) is 121 cm³/mol. The van der Waals surface area contributed by atoms with Gasteiger partial charge < -0.3 is 54.6 Å². The zero-order valence-corrected chi connectivity index (χ0v) is 18.6. The first kappa shape index (κ1) is 32.2. The molecule has 2 fully saturated rings. The van der Waals surface area contributed by atoms with Gasteiger partial charge in [-0.15, -0.1) is 0 Å². The summed E-state index contributed by atoms with van der Waals surface area (Å²) >= 11 is 0. The lowest BCUT2D eigenvalue weighted by Gasteiger charge is -2.03. The van der Waals surface area contributed by atoms with Crippen LogP contribution in [0.3, 0.4) is 0 Å². The Kier molecular flexibility index (Phi) is 19.2. The Morgan fingerprint density at radius 2 is 1.42 bits per heavy atom. The molecule has 2 heterocycles. The fourth-order valence-electron chi connectivity index (χ4n) is 2.47. The van der Waals surface area contributed by atoms with E-state index in [2.05, 4.69) is 21.4 Å². The van der Waals surface area contributed by atoms with Gasteiger partial charge in [-0.25, -0.2) is 0 Å². The maximum atomic E-state index is 10.4. The van der Waals surface area contributed by atoms with Crippen molar-refractivity contribution in [3.63, 3.8) is 0 Å². The van der Waals surface area contributed by atoms with Crippen LogP contribution in [0.2, 0.25) is 0 Å². The molecule has 0 aromatic rings. The van der Waals surface area contributed by atoms with Crippen LogP contribution in [0.15, 0.2) is 4.99 Å². The molecule has 2 rings (SSSR count). The lowest BCUT2D eigenvalue weighted by atomic mass is 10.2. The molecule has 0 bridgehead atoms. The fraction of sp³-hybridized carbons (Fsp3) is 0.722. The Morgan fingerprint density at radius 1 is 0.939 bits per heavy atom. The molecule has 15 nitrogen and oxygen atoms in total. The number of carboxylic acid groups (broad SMARTS) is 3. The molecular weight excluding hydrogens is 440 g/mol. The van der Waals surface area contributed by atoms with Gasteiger partial charge >= 0.3 is 17.9 Å². The van der Waals surface area contributed by atoms with Crippen molar-refractivity contribution >= 4 is 29.8 Å². The van der Waals surface area contributed by atoms with Gasteiger partial charge in [0.2, 0.25) is 5.91 Å². The quantitative estimate of drug-likeness (QED) is 0.0921. The van der Waals surface area contributed by atoms with Gasteiger partial charge in [0.25, 0.3) is 0 Å². The highest BCUT2D eigenvalue weighted by Gasteiger charge is 2.20. The average molecular weight is 479 g/mol. The van der Waals surface area contributed by atoms with Crippen molar-refractivity contribution in [2.45, 2.75) is 56.7 Å². The van der Waals surface area contributed by atoms with E-state index in [9.17, 15) is 19.2 Å². The van der Waals surface area contributed by atoms with Crippen LogP contribution >= 0.6 is 0 Å². The summed E-state index contributed by atoms with van der Waals surface area (Å²) in [6.45, 7) is 1.94. The van der Waals surface area contributed by atoms with Gasteiger partial charge in [-0.3, -0.25) is 24.2 Å². The van der Waals surface area contributed by atoms with Gasteiger partial charge in [-0.05, 0) is 51.6 Å². The number of amides is 1. The molecule has 2 aliphatic heterocycles. The molecule has 0 aromatic heterocycles. The van der Waals surface area contributed by atoms with Gasteiger partial charge in [0.05, 0.1) is 12.6 Å². The first-order valence-electron chi connectivity index (χ1n) is 10.4. The van der Waals surface area contributed by atoms with Gasteiger partial charge in [-0.1, -0.05) is 0 Å². The second kappa shape index (κ2) is 19.7. The number of carbonyl (C=O) groups excluding carboxylic acids is 1. The number of nitrogens with two attached hydrogens (primary N) is 5. The Morgan fingerprint density at radius 3 is 1.67 bits per heavy atom. The molecule has 33 heavy (non-hydrogen) atoms. The summed E-state index contributed by atoms with van der Waals surface area (Å²) < 4.78 is 0. The fourth-order valence-corrected chi connectivity index (χ4v) is 2.47. The van der Waals surface area contributed by atoms with Crippen LogP contribution < -0.4 is 39.3 Å². The number of nitrogens with one attached hydrogen (secondary N) is 2. The second-order valence-electron chi connectivity index (χ2n) is 7.03. The van der Waals surface area contributed by atoms with Gasteiger partial charge in [0, 0.05) is 6.54 Å². The minimum absolute atomic E-state index is 0.0129. The standard InChI is InChI=1S/C6H14N4O2.C5H10N2O.C5H9NO2.C2H5NO2/c7-4(5(11)12)2-1-3-10-6(8)9;6-5(8)4-2-1-3-7-4;7-5(8)4-2-1-3-6-4;3-1-2(4)5/h4H,1-3,7H2,(H,11,12)(H4,8,9,10);4,7H,1-3H2,(H2,6,8);4,6H,1-3H2,(H,7,8);1,3H2,(H,4,5)/t3*4-;/m000./s1. The zero-order valence-electron chi connectivity index (χ0n) is 18.6. The number of carboxylic acids is 3. The summed E-state index contributed by atoms with van der Waals surface area (Å²) in [6.07, 6.45) is 4.73. The van der Waals surface area contributed by atoms with E-state index in [1.807, 2.05) is 0 Å². The molecule has 15 N–H and O–H groups in total. The van der Waals surface area contributed by atoms with E-state index in [0.29, 0.717) is 19.4 Å². The second-order valence-corrected chi connectivity index (χ2v) is 7.03. The molecular formula is C18H38N8O7. The largest absolute Gasteiger partial charge is 0.480 e. The number of aliphatic carboxylic acids is 3. The molecule has 192 valence electrons. The Balaban J connectivity index is 0. The van der Waals surface area contributed by atoms with E-state index >= 15 is 0 Å². The molecule has 15 heteroatoms. The molecule has 1 amide bonds. The molecule has 0 saturated carbocycles. The van der Waals surface area contributed by atoms with Crippen LogP contribution in [0.1, 0.15) is 38.5 Å². The molecule has 0 spiro atoms. The third-order valence-corrected chi connectivity index (χ3v) is 4.22. The average Bonchev–Trinajstić information content (AvgIpc) is 3.46. The summed E-state index contributed by atoms with van der Waals surface area (Å²) in [5.74, 6) is -2.89. The number of rotatable bonds is 8. The summed E-state index contributed by atoms with van der Waals surface area (Å²) in [4.78, 5) is 43.6. The summed E-state index contributed by atoms with van der Waals surface area (Å²) in [7, 11) is 0. The third kappa shape index (κ3) is 20.6. The van der Waals surface area contributed by atoms with E-state index in [1.165, 1.54) is 0 Å². The van der Waals surface area contributed by atoms with Gasteiger partial charge in [-0.2, -0.15) is 0 Å². The lowest BCUT2D eigenvalue weighted by molar-refractivity contribution is -0.139. The molecule has 0 aliphatic carbocycles. The highest BCUT2D eigenvalue weighted by atomic mass is 16.4. The molecule has 2 aliphatic rings. The van der Waals surface area contributed by atoms with E-state index in [0.717, 1.165) is 38.8 Å². The van der Waals surface area contributed by atoms with Crippen LogP contribution in [0.25, 0.3) is 0 Å². The number of nitrogens with zero attached hydrogens (tertiary/aromatic N) is 1. The molecule has 2 saturated heterocycles. The SMILES string of the molecule is NC(=O)[C@@H]1CCCN1.NC(N)=NCCC[C@H](N)C(=O)O.NCC(=O)O.O=C(O)[C@@H]1CCCN1. The van der Waals surface area contributed by atoms with Crippen molar-refractivity contribution in [1.82, 2.24) is 10.6 Å². The Labute approximate surface area is 192 Å². The van der Waals surface area contributed by atoms with Crippen LogP contribution in [0.5, 0.6) is 0 Å². The minimum atomic E-state index is -1.00. The first-order chi connectivity index (χ1) is 15.4. The summed E-state index contributed by atoms with van der Waals surface area (Å²) in [6, 6.07) is -1.14. The van der Waals surface area contributed by atoms with Crippen LogP contribution in [-0.2, 0) is 19.2 Å². The first-order valence-corrected chi connectivity index (χ1v) is 10.4. The number of aliphatic imine (C=N–C) groups is 1.